The molecule has 0 heterocycles. The second-order valence-electron chi connectivity index (χ2n) is 6.81. The molecule has 0 spiro atoms. The number of rotatable bonds is 11. The lowest BCUT2D eigenvalue weighted by atomic mass is 9.96. The number of hydrogen-bond donors (Lipinski definition) is 2. The van der Waals surface area contributed by atoms with Gasteiger partial charge in [-0.1, -0.05) is 93.8 Å². The smallest absolute Gasteiger partial charge is 0.125 e. The van der Waals surface area contributed by atoms with Crippen molar-refractivity contribution in [1.29, 1.82) is 0 Å². The molecule has 0 saturated carbocycles. The number of phenols is 1. The predicted octanol–water partition coefficient (Wildman–Crippen LogP) is 6.64. The van der Waals surface area contributed by atoms with Gasteiger partial charge in [0, 0.05) is 5.56 Å². The summed E-state index contributed by atoms with van der Waals surface area (Å²) < 4.78 is 0. The van der Waals surface area contributed by atoms with Crippen molar-refractivity contribution in [1.82, 2.24) is 0 Å². The van der Waals surface area contributed by atoms with E-state index in [2.05, 4.69) is 12.1 Å². The van der Waals surface area contributed by atoms with Crippen LogP contribution in [0.4, 0.5) is 0 Å². The van der Waals surface area contributed by atoms with Crippen molar-refractivity contribution in [3.05, 3.63) is 42.0 Å². The SMILES string of the molecule is CCCCCCCCCCCC(=NO)c1c(O)ccc2ccccc12. The minimum absolute atomic E-state index is 0.183. The molecule has 25 heavy (non-hydrogen) atoms. The number of nitrogens with zero attached hydrogens (tertiary/aromatic N) is 1. The minimum atomic E-state index is 0.183. The third kappa shape index (κ3) is 5.77. The largest absolute Gasteiger partial charge is 0.507 e. The lowest BCUT2D eigenvalue weighted by Crippen LogP contribution is -2.03. The fraction of sp³-hybridized carbons (Fsp3) is 0.500. The summed E-state index contributed by atoms with van der Waals surface area (Å²) in [5.41, 5.74) is 1.25. The molecule has 2 N–H and O–H groups in total. The molecule has 0 unspecified atom stereocenters. The molecule has 2 aromatic rings. The number of benzene rings is 2. The highest BCUT2D eigenvalue weighted by atomic mass is 16.4. The van der Waals surface area contributed by atoms with E-state index in [0.29, 0.717) is 17.7 Å². The fourth-order valence-electron chi connectivity index (χ4n) is 3.39. The Hall–Kier alpha value is -2.03. The molecule has 0 aromatic heterocycles. The summed E-state index contributed by atoms with van der Waals surface area (Å²) in [6.45, 7) is 2.24. The molecule has 2 aromatic carbocycles. The molecule has 0 aliphatic rings. The van der Waals surface area contributed by atoms with E-state index >= 15 is 0 Å². The van der Waals surface area contributed by atoms with Crippen LogP contribution in [0.3, 0.4) is 0 Å². The molecule has 0 amide bonds. The maximum absolute atomic E-state index is 10.3. The first-order valence-corrected chi connectivity index (χ1v) is 9.70. The Morgan fingerprint density at radius 1 is 0.840 bits per heavy atom. The van der Waals surface area contributed by atoms with Crippen LogP contribution in [-0.2, 0) is 0 Å². The highest BCUT2D eigenvalue weighted by Crippen LogP contribution is 2.29. The second kappa shape index (κ2) is 10.8. The number of hydrogen-bond acceptors (Lipinski definition) is 3. The zero-order chi connectivity index (χ0) is 17.9. The van der Waals surface area contributed by atoms with Crippen molar-refractivity contribution in [3.8, 4) is 5.75 Å². The van der Waals surface area contributed by atoms with E-state index in [-0.39, 0.29) is 5.75 Å². The van der Waals surface area contributed by atoms with Gasteiger partial charge in [-0.25, -0.2) is 0 Å². The number of oxime groups is 1. The van der Waals surface area contributed by atoms with Gasteiger partial charge in [-0.15, -0.1) is 0 Å². The van der Waals surface area contributed by atoms with Gasteiger partial charge in [-0.05, 0) is 29.7 Å². The van der Waals surface area contributed by atoms with Crippen LogP contribution in [0.5, 0.6) is 5.75 Å². The fourth-order valence-corrected chi connectivity index (χ4v) is 3.39. The highest BCUT2D eigenvalue weighted by molar-refractivity contribution is 6.12. The maximum Gasteiger partial charge on any atom is 0.125 e. The van der Waals surface area contributed by atoms with E-state index in [1.165, 1.54) is 44.9 Å². The van der Waals surface area contributed by atoms with Gasteiger partial charge >= 0.3 is 0 Å². The predicted molar refractivity (Wildman–Crippen MR) is 106 cm³/mol. The van der Waals surface area contributed by atoms with Gasteiger partial charge in [-0.2, -0.15) is 0 Å². The first-order chi connectivity index (χ1) is 12.3. The van der Waals surface area contributed by atoms with Crippen LogP contribution in [0.2, 0.25) is 0 Å². The molecule has 0 aliphatic heterocycles. The summed E-state index contributed by atoms with van der Waals surface area (Å²) in [5, 5.41) is 25.2. The molecule has 0 fully saturated rings. The first kappa shape index (κ1) is 19.3. The van der Waals surface area contributed by atoms with Crippen molar-refractivity contribution in [2.24, 2.45) is 5.16 Å². The molecule has 0 radical (unpaired) electrons. The van der Waals surface area contributed by atoms with Gasteiger partial charge in [0.25, 0.3) is 0 Å². The maximum atomic E-state index is 10.3. The second-order valence-corrected chi connectivity index (χ2v) is 6.81. The van der Waals surface area contributed by atoms with Crippen molar-refractivity contribution in [2.45, 2.75) is 71.1 Å². The Kier molecular flexibility index (Phi) is 8.30. The van der Waals surface area contributed by atoms with Crippen molar-refractivity contribution >= 4 is 16.5 Å². The van der Waals surface area contributed by atoms with Gasteiger partial charge in [0.05, 0.1) is 5.71 Å². The van der Waals surface area contributed by atoms with Gasteiger partial charge < -0.3 is 10.3 Å². The molecule has 136 valence electrons. The Morgan fingerprint density at radius 3 is 2.16 bits per heavy atom. The van der Waals surface area contributed by atoms with E-state index in [0.717, 1.165) is 23.6 Å². The standard InChI is InChI=1S/C22H31NO2/c1-2-3-4-5-6-7-8-9-10-15-20(23-25)22-19-14-12-11-13-18(19)16-17-21(22)24/h11-14,16-17,24-25H,2-10,15H2,1H3. The monoisotopic (exact) mass is 341 g/mol. The van der Waals surface area contributed by atoms with Gasteiger partial charge in [0.2, 0.25) is 0 Å². The summed E-state index contributed by atoms with van der Waals surface area (Å²) in [6.07, 6.45) is 12.0. The molecule has 3 heteroatoms. The van der Waals surface area contributed by atoms with E-state index in [1.54, 1.807) is 6.07 Å². The van der Waals surface area contributed by atoms with Crippen LogP contribution in [0.1, 0.15) is 76.7 Å². The molecule has 0 atom stereocenters. The molecule has 3 nitrogen and oxygen atoms in total. The normalized spacial score (nSPS) is 12.0. The summed E-state index contributed by atoms with van der Waals surface area (Å²) in [4.78, 5) is 0. The molecular formula is C22H31NO2. The van der Waals surface area contributed by atoms with Crippen LogP contribution >= 0.6 is 0 Å². The first-order valence-electron chi connectivity index (χ1n) is 9.70. The number of aromatic hydroxyl groups is 1. The zero-order valence-electron chi connectivity index (χ0n) is 15.4. The van der Waals surface area contributed by atoms with E-state index in [9.17, 15) is 10.3 Å². The number of unbranched alkanes of at least 4 members (excludes halogenated alkanes) is 8. The third-order valence-corrected chi connectivity index (χ3v) is 4.83. The van der Waals surface area contributed by atoms with Crippen LogP contribution in [-0.4, -0.2) is 16.0 Å². The summed E-state index contributed by atoms with van der Waals surface area (Å²) in [6, 6.07) is 11.5. The van der Waals surface area contributed by atoms with Gasteiger partial charge in [0.15, 0.2) is 0 Å². The van der Waals surface area contributed by atoms with Crippen LogP contribution in [0, 0.1) is 0 Å². The van der Waals surface area contributed by atoms with Crippen molar-refractivity contribution < 1.29 is 10.3 Å². The van der Waals surface area contributed by atoms with E-state index in [4.69, 9.17) is 0 Å². The lowest BCUT2D eigenvalue weighted by molar-refractivity contribution is 0.317. The molecule has 0 bridgehead atoms. The summed E-state index contributed by atoms with van der Waals surface area (Å²) in [7, 11) is 0. The molecular weight excluding hydrogens is 310 g/mol. The summed E-state index contributed by atoms with van der Waals surface area (Å²) in [5.74, 6) is 0.183. The third-order valence-electron chi connectivity index (χ3n) is 4.83. The Bertz CT molecular complexity index is 679. The van der Waals surface area contributed by atoms with E-state index < -0.39 is 0 Å². The molecule has 0 saturated heterocycles. The Morgan fingerprint density at radius 2 is 1.48 bits per heavy atom. The zero-order valence-corrected chi connectivity index (χ0v) is 15.4. The average molecular weight is 341 g/mol. The molecule has 0 aliphatic carbocycles. The minimum Gasteiger partial charge on any atom is -0.507 e. The lowest BCUT2D eigenvalue weighted by Gasteiger charge is -2.11. The highest BCUT2D eigenvalue weighted by Gasteiger charge is 2.13. The van der Waals surface area contributed by atoms with Gasteiger partial charge in [0.1, 0.15) is 5.75 Å². The Balaban J connectivity index is 1.85. The van der Waals surface area contributed by atoms with Gasteiger partial charge in [-0.3, -0.25) is 0 Å². The average Bonchev–Trinajstić information content (AvgIpc) is 2.64. The molecule has 2 rings (SSSR count). The quantitative estimate of drug-likeness (QED) is 0.208. The number of fused-ring (bicyclic) bond motifs is 1. The Labute approximate surface area is 151 Å². The van der Waals surface area contributed by atoms with Crippen LogP contribution in [0.25, 0.3) is 10.8 Å². The van der Waals surface area contributed by atoms with Crippen LogP contribution in [0.15, 0.2) is 41.6 Å². The topological polar surface area (TPSA) is 52.8 Å². The van der Waals surface area contributed by atoms with Crippen LogP contribution < -0.4 is 0 Å². The number of phenolic OH excluding ortho intramolecular Hbond substituents is 1. The van der Waals surface area contributed by atoms with Crippen molar-refractivity contribution in [3.63, 3.8) is 0 Å². The van der Waals surface area contributed by atoms with E-state index in [1.807, 2.05) is 30.3 Å². The van der Waals surface area contributed by atoms with Crippen molar-refractivity contribution in [2.75, 3.05) is 0 Å². The summed E-state index contributed by atoms with van der Waals surface area (Å²) >= 11 is 0.